The summed E-state index contributed by atoms with van der Waals surface area (Å²) in [5, 5.41) is 1.01. The summed E-state index contributed by atoms with van der Waals surface area (Å²) in [6.07, 6.45) is 20.0. The summed E-state index contributed by atoms with van der Waals surface area (Å²) in [6, 6.07) is 20.5. The van der Waals surface area contributed by atoms with Gasteiger partial charge in [0.25, 0.3) is 0 Å². The molecule has 11 heteroatoms. The van der Waals surface area contributed by atoms with Gasteiger partial charge < -0.3 is 9.80 Å². The number of benzene rings is 4. The molecule has 4 nitrogen and oxygen atoms in total. The Kier molecular flexibility index (Phi) is 19.3. The van der Waals surface area contributed by atoms with Crippen LogP contribution in [0, 0.1) is 47.6 Å². The number of rotatable bonds is 6. The van der Waals surface area contributed by atoms with Crippen LogP contribution in [0.3, 0.4) is 0 Å². The molecule has 0 saturated heterocycles. The SMILES string of the molecule is CC(C)N(C(=O)c1ccc(Cl)cc1)c1ccc(F)[c-]c1F.CC(C)N(C(=O)c1ccc(Cl)cc1)c1ccc(F)[c-]c1F.[C-]1=CC=CC1.[C-]1=CC=CC1.[Ti+4]. The molecule has 0 saturated carbocycles. The Morgan fingerprint density at radius 1 is 0.585 bits per heavy atom. The Labute approximate surface area is 334 Å². The monoisotopic (exact) mass is 794 g/mol. The van der Waals surface area contributed by atoms with Gasteiger partial charge in [0.05, 0.1) is 0 Å². The quantitative estimate of drug-likeness (QED) is 0.111. The van der Waals surface area contributed by atoms with Crippen molar-refractivity contribution >= 4 is 46.4 Å². The minimum absolute atomic E-state index is 0. The molecular formula is C42H36Cl2F4N2O2Ti. The van der Waals surface area contributed by atoms with E-state index in [0.717, 1.165) is 25.0 Å². The van der Waals surface area contributed by atoms with E-state index in [1.807, 2.05) is 36.4 Å². The van der Waals surface area contributed by atoms with E-state index < -0.39 is 23.3 Å². The normalized spacial score (nSPS) is 11.8. The smallest absolute Gasteiger partial charge is 0.357 e. The van der Waals surface area contributed by atoms with Crippen LogP contribution in [0.1, 0.15) is 61.3 Å². The molecule has 272 valence electrons. The van der Waals surface area contributed by atoms with E-state index in [-0.39, 0.29) is 57.0 Å². The van der Waals surface area contributed by atoms with Gasteiger partial charge in [0.1, 0.15) is 0 Å². The fourth-order valence-corrected chi connectivity index (χ4v) is 4.88. The van der Waals surface area contributed by atoms with Crippen molar-refractivity contribution in [2.75, 3.05) is 9.80 Å². The Morgan fingerprint density at radius 3 is 1.15 bits per heavy atom. The average molecular weight is 796 g/mol. The van der Waals surface area contributed by atoms with E-state index in [1.54, 1.807) is 76.2 Å². The van der Waals surface area contributed by atoms with Crippen molar-refractivity contribution in [1.82, 2.24) is 0 Å². The molecule has 0 fully saturated rings. The first-order chi connectivity index (χ1) is 24.8. The van der Waals surface area contributed by atoms with E-state index in [4.69, 9.17) is 23.2 Å². The van der Waals surface area contributed by atoms with E-state index in [9.17, 15) is 27.2 Å². The summed E-state index contributed by atoms with van der Waals surface area (Å²) in [6.45, 7) is 6.99. The third-order valence-corrected chi connectivity index (χ3v) is 7.53. The van der Waals surface area contributed by atoms with Gasteiger partial charge in [-0.25, -0.2) is 41.9 Å². The van der Waals surface area contributed by atoms with E-state index in [2.05, 4.69) is 24.3 Å². The predicted octanol–water partition coefficient (Wildman–Crippen LogP) is 11.6. The summed E-state index contributed by atoms with van der Waals surface area (Å²) in [7, 11) is 0. The number of allylic oxidation sites excluding steroid dienone is 8. The number of nitrogens with zero attached hydrogens (tertiary/aromatic N) is 2. The number of carbonyl (C=O) groups excluding carboxylic acids is 2. The van der Waals surface area contributed by atoms with Crippen molar-refractivity contribution in [2.45, 2.75) is 52.6 Å². The van der Waals surface area contributed by atoms with Gasteiger partial charge in [0.2, 0.25) is 11.8 Å². The zero-order chi connectivity index (χ0) is 38.2. The van der Waals surface area contributed by atoms with Crippen LogP contribution in [-0.4, -0.2) is 23.9 Å². The molecule has 6 rings (SSSR count). The number of anilines is 2. The van der Waals surface area contributed by atoms with Crippen molar-refractivity contribution in [2.24, 2.45) is 0 Å². The second-order valence-corrected chi connectivity index (χ2v) is 12.4. The van der Waals surface area contributed by atoms with Crippen LogP contribution < -0.4 is 9.80 Å². The van der Waals surface area contributed by atoms with Crippen LogP contribution in [0.2, 0.25) is 10.0 Å². The van der Waals surface area contributed by atoms with Crippen molar-refractivity contribution < 1.29 is 48.9 Å². The molecule has 0 heterocycles. The Hall–Kier alpha value is -4.21. The summed E-state index contributed by atoms with van der Waals surface area (Å²) in [5.74, 6) is -4.18. The summed E-state index contributed by atoms with van der Waals surface area (Å²) < 4.78 is 53.7. The van der Waals surface area contributed by atoms with Gasteiger partial charge in [0.15, 0.2) is 0 Å². The fraction of sp³-hybridized carbons (Fsp3) is 0.190. The van der Waals surface area contributed by atoms with Gasteiger partial charge in [-0.2, -0.15) is 12.2 Å². The van der Waals surface area contributed by atoms with Crippen LogP contribution in [0.5, 0.6) is 0 Å². The van der Waals surface area contributed by atoms with E-state index >= 15 is 0 Å². The predicted molar refractivity (Wildman–Crippen MR) is 200 cm³/mol. The molecule has 0 radical (unpaired) electrons. The molecule has 2 amide bonds. The van der Waals surface area contributed by atoms with Gasteiger partial charge in [-0.05, 0) is 87.6 Å². The maximum Gasteiger partial charge on any atom is 4.00 e. The summed E-state index contributed by atoms with van der Waals surface area (Å²) >= 11 is 11.6. The zero-order valence-corrected chi connectivity index (χ0v) is 32.5. The largest absolute Gasteiger partial charge is 4.00 e. The maximum atomic E-state index is 13.9. The van der Waals surface area contributed by atoms with Crippen LogP contribution in [-0.2, 0) is 21.7 Å². The van der Waals surface area contributed by atoms with Crippen molar-refractivity contribution in [3.8, 4) is 0 Å². The summed E-state index contributed by atoms with van der Waals surface area (Å²) in [5.41, 5.74) is 0.728. The zero-order valence-electron chi connectivity index (χ0n) is 29.4. The molecule has 0 aliphatic heterocycles. The molecule has 4 aromatic rings. The van der Waals surface area contributed by atoms with Gasteiger partial charge in [0, 0.05) is 56.5 Å². The second-order valence-electron chi connectivity index (χ2n) is 11.6. The molecule has 2 aliphatic rings. The number of hydrogen-bond donors (Lipinski definition) is 0. The third kappa shape index (κ3) is 14.3. The van der Waals surface area contributed by atoms with E-state index in [1.165, 1.54) is 21.9 Å². The van der Waals surface area contributed by atoms with Crippen LogP contribution in [0.4, 0.5) is 28.9 Å². The maximum absolute atomic E-state index is 13.9. The molecule has 0 unspecified atom stereocenters. The topological polar surface area (TPSA) is 40.6 Å². The summed E-state index contributed by atoms with van der Waals surface area (Å²) in [4.78, 5) is 27.6. The average Bonchev–Trinajstić information content (AvgIpc) is 3.88. The van der Waals surface area contributed by atoms with Gasteiger partial charge in [-0.3, -0.25) is 21.7 Å². The van der Waals surface area contributed by atoms with Crippen LogP contribution in [0.25, 0.3) is 0 Å². The van der Waals surface area contributed by atoms with Crippen LogP contribution in [0.15, 0.2) is 109 Å². The molecule has 0 atom stereocenters. The second kappa shape index (κ2) is 22.8. The molecule has 53 heavy (non-hydrogen) atoms. The minimum Gasteiger partial charge on any atom is -0.357 e. The third-order valence-electron chi connectivity index (χ3n) is 7.03. The Balaban J connectivity index is 0.000000285. The molecule has 2 aliphatic carbocycles. The molecular weight excluding hydrogens is 759 g/mol. The Bertz CT molecular complexity index is 1750. The number of hydrogen-bond acceptors (Lipinski definition) is 2. The molecule has 0 bridgehead atoms. The molecule has 4 aromatic carbocycles. The van der Waals surface area contributed by atoms with E-state index in [0.29, 0.717) is 21.2 Å². The number of amides is 2. The molecule has 0 spiro atoms. The molecule has 0 N–H and O–H groups in total. The first-order valence-corrected chi connectivity index (χ1v) is 16.9. The number of halogens is 6. The standard InChI is InChI=1S/2C16H13ClF2NO.2C5H5.Ti/c2*1-10(2)20(15-8-7-13(18)9-14(15)19)16(21)11-3-5-12(17)6-4-11;2*1-2-4-5-3-1;/h2*3-8,10H,1-2H3;2*1-3H,4H2;/q4*-1;+4. The first-order valence-electron chi connectivity index (χ1n) is 16.2. The minimum atomic E-state index is -0.897. The van der Waals surface area contributed by atoms with Gasteiger partial charge in [-0.1, -0.05) is 23.2 Å². The molecule has 0 aromatic heterocycles. The van der Waals surface area contributed by atoms with Crippen LogP contribution >= 0.6 is 23.2 Å². The first kappa shape index (κ1) is 45.0. The fourth-order valence-electron chi connectivity index (χ4n) is 4.63. The van der Waals surface area contributed by atoms with Crippen molar-refractivity contribution in [3.05, 3.63) is 178 Å². The van der Waals surface area contributed by atoms with Gasteiger partial charge >= 0.3 is 21.7 Å². The number of carbonyl (C=O) groups is 2. The van der Waals surface area contributed by atoms with Gasteiger partial charge in [-0.15, -0.1) is 49.2 Å². The van der Waals surface area contributed by atoms with Crippen molar-refractivity contribution in [3.63, 3.8) is 0 Å². The van der Waals surface area contributed by atoms with Crippen molar-refractivity contribution in [1.29, 1.82) is 0 Å². The Morgan fingerprint density at radius 2 is 0.925 bits per heavy atom.